The minimum atomic E-state index is -0.516. The number of hydrogen-bond donors (Lipinski definition) is 2. The Bertz CT molecular complexity index is 308. The van der Waals surface area contributed by atoms with E-state index >= 15 is 0 Å². The number of nitrogens with one attached hydrogen (secondary N) is 2. The van der Waals surface area contributed by atoms with Crippen LogP contribution in [0, 0.1) is 0 Å². The van der Waals surface area contributed by atoms with Crippen molar-refractivity contribution in [2.45, 2.75) is 6.92 Å². The summed E-state index contributed by atoms with van der Waals surface area (Å²) in [6, 6.07) is 1.40. The molecule has 0 saturated heterocycles. The first-order valence-corrected chi connectivity index (χ1v) is 3.70. The van der Waals surface area contributed by atoms with Crippen LogP contribution in [0.4, 0.5) is 5.82 Å². The SMILES string of the molecule is CCOC(=O)c1cc(NC=O)[nH]n1. The first-order valence-electron chi connectivity index (χ1n) is 3.70. The predicted molar refractivity (Wildman–Crippen MR) is 44.2 cm³/mol. The Labute approximate surface area is 74.3 Å². The third kappa shape index (κ3) is 2.29. The molecule has 1 aromatic heterocycles. The van der Waals surface area contributed by atoms with Gasteiger partial charge < -0.3 is 10.1 Å². The number of amides is 1. The Kier molecular flexibility index (Phi) is 3.02. The van der Waals surface area contributed by atoms with Gasteiger partial charge in [0.25, 0.3) is 0 Å². The van der Waals surface area contributed by atoms with Gasteiger partial charge in [-0.3, -0.25) is 9.89 Å². The number of anilines is 1. The van der Waals surface area contributed by atoms with E-state index in [0.717, 1.165) is 0 Å². The molecule has 0 aliphatic rings. The summed E-state index contributed by atoms with van der Waals surface area (Å²) < 4.78 is 4.68. The molecule has 0 radical (unpaired) electrons. The summed E-state index contributed by atoms with van der Waals surface area (Å²) >= 11 is 0. The van der Waals surface area contributed by atoms with Crippen molar-refractivity contribution in [1.82, 2.24) is 10.2 Å². The lowest BCUT2D eigenvalue weighted by Gasteiger charge is -1.94. The molecule has 0 spiro atoms. The van der Waals surface area contributed by atoms with Crippen molar-refractivity contribution in [1.29, 1.82) is 0 Å². The fourth-order valence-corrected chi connectivity index (χ4v) is 0.769. The first-order chi connectivity index (χ1) is 6.27. The van der Waals surface area contributed by atoms with E-state index in [1.54, 1.807) is 6.92 Å². The molecule has 2 N–H and O–H groups in total. The summed E-state index contributed by atoms with van der Waals surface area (Å²) in [5, 5.41) is 8.40. The molecular formula is C7H9N3O3. The van der Waals surface area contributed by atoms with Crippen LogP contribution in [0.2, 0.25) is 0 Å². The molecule has 1 amide bonds. The van der Waals surface area contributed by atoms with Gasteiger partial charge in [0.2, 0.25) is 6.41 Å². The van der Waals surface area contributed by atoms with Gasteiger partial charge in [-0.15, -0.1) is 0 Å². The molecule has 1 heterocycles. The highest BCUT2D eigenvalue weighted by Gasteiger charge is 2.10. The highest BCUT2D eigenvalue weighted by molar-refractivity contribution is 5.88. The first kappa shape index (κ1) is 9.24. The van der Waals surface area contributed by atoms with Crippen LogP contribution in [-0.2, 0) is 9.53 Å². The Morgan fingerprint density at radius 3 is 3.23 bits per heavy atom. The van der Waals surface area contributed by atoms with Gasteiger partial charge in [-0.1, -0.05) is 0 Å². The highest BCUT2D eigenvalue weighted by atomic mass is 16.5. The molecule has 0 aromatic carbocycles. The number of hydrogen-bond acceptors (Lipinski definition) is 4. The standard InChI is InChI=1S/C7H9N3O3/c1-2-13-7(12)5-3-6(8-4-11)10-9-5/h3-4H,2H2,1H3,(H2,8,9,10,11). The molecule has 70 valence electrons. The van der Waals surface area contributed by atoms with Gasteiger partial charge in [-0.05, 0) is 6.92 Å². The number of aromatic nitrogens is 2. The molecule has 13 heavy (non-hydrogen) atoms. The van der Waals surface area contributed by atoms with Gasteiger partial charge in [0.15, 0.2) is 5.69 Å². The molecule has 0 atom stereocenters. The van der Waals surface area contributed by atoms with Gasteiger partial charge in [-0.2, -0.15) is 5.10 Å². The van der Waals surface area contributed by atoms with Crippen LogP contribution < -0.4 is 5.32 Å². The van der Waals surface area contributed by atoms with Gasteiger partial charge in [0.1, 0.15) is 5.82 Å². The Morgan fingerprint density at radius 1 is 1.85 bits per heavy atom. The number of ether oxygens (including phenoxy) is 1. The summed E-state index contributed by atoms with van der Waals surface area (Å²) in [5.41, 5.74) is 0.145. The van der Waals surface area contributed by atoms with Crippen molar-refractivity contribution in [2.24, 2.45) is 0 Å². The minimum Gasteiger partial charge on any atom is -0.461 e. The van der Waals surface area contributed by atoms with Crippen molar-refractivity contribution >= 4 is 18.2 Å². The third-order valence-electron chi connectivity index (χ3n) is 1.28. The maximum absolute atomic E-state index is 11.0. The van der Waals surface area contributed by atoms with Gasteiger partial charge in [0.05, 0.1) is 6.61 Å². The Balaban J connectivity index is 2.67. The van der Waals surface area contributed by atoms with Crippen molar-refractivity contribution < 1.29 is 14.3 Å². The molecule has 0 aliphatic carbocycles. The van der Waals surface area contributed by atoms with Crippen molar-refractivity contribution in [2.75, 3.05) is 11.9 Å². The quantitative estimate of drug-likeness (QED) is 0.514. The molecular weight excluding hydrogens is 174 g/mol. The lowest BCUT2D eigenvalue weighted by atomic mass is 10.4. The van der Waals surface area contributed by atoms with Crippen molar-refractivity contribution in [3.63, 3.8) is 0 Å². The molecule has 0 unspecified atom stereocenters. The lowest BCUT2D eigenvalue weighted by molar-refractivity contribution is -0.105. The zero-order chi connectivity index (χ0) is 9.68. The number of rotatable bonds is 4. The van der Waals surface area contributed by atoms with Crippen LogP contribution in [0.15, 0.2) is 6.07 Å². The van der Waals surface area contributed by atoms with E-state index in [1.165, 1.54) is 6.07 Å². The number of aromatic amines is 1. The van der Waals surface area contributed by atoms with Gasteiger partial charge in [0, 0.05) is 6.07 Å². The summed E-state index contributed by atoms with van der Waals surface area (Å²) in [6.07, 6.45) is 0.489. The van der Waals surface area contributed by atoms with Crippen LogP contribution in [0.5, 0.6) is 0 Å². The number of H-pyrrole nitrogens is 1. The van der Waals surface area contributed by atoms with Crippen LogP contribution in [0.3, 0.4) is 0 Å². The van der Waals surface area contributed by atoms with Crippen molar-refractivity contribution in [3.05, 3.63) is 11.8 Å². The monoisotopic (exact) mass is 183 g/mol. The van der Waals surface area contributed by atoms with Crippen LogP contribution in [0.25, 0.3) is 0 Å². The lowest BCUT2D eigenvalue weighted by Crippen LogP contribution is -2.04. The van der Waals surface area contributed by atoms with E-state index in [4.69, 9.17) is 0 Å². The molecule has 6 nitrogen and oxygen atoms in total. The number of nitrogens with zero attached hydrogens (tertiary/aromatic N) is 1. The number of esters is 1. The summed E-state index contributed by atoms with van der Waals surface area (Å²) in [4.78, 5) is 21.0. The maximum atomic E-state index is 11.0. The third-order valence-corrected chi connectivity index (χ3v) is 1.28. The molecule has 0 aliphatic heterocycles. The molecule has 0 saturated carbocycles. The fourth-order valence-electron chi connectivity index (χ4n) is 0.769. The summed E-state index contributed by atoms with van der Waals surface area (Å²) in [7, 11) is 0. The normalized spacial score (nSPS) is 9.31. The van der Waals surface area contributed by atoms with Crippen LogP contribution in [-0.4, -0.2) is 29.2 Å². The van der Waals surface area contributed by atoms with E-state index in [9.17, 15) is 9.59 Å². The average molecular weight is 183 g/mol. The molecule has 1 rings (SSSR count). The molecule has 0 fully saturated rings. The summed E-state index contributed by atoms with van der Waals surface area (Å²) in [5.74, 6) is -0.157. The van der Waals surface area contributed by atoms with E-state index in [0.29, 0.717) is 18.8 Å². The highest BCUT2D eigenvalue weighted by Crippen LogP contribution is 2.05. The van der Waals surface area contributed by atoms with Crippen LogP contribution >= 0.6 is 0 Å². The second-order valence-electron chi connectivity index (χ2n) is 2.15. The Morgan fingerprint density at radius 2 is 2.62 bits per heavy atom. The largest absolute Gasteiger partial charge is 0.461 e. The summed E-state index contributed by atoms with van der Waals surface area (Å²) in [6.45, 7) is 2.00. The molecule has 6 heteroatoms. The smallest absolute Gasteiger partial charge is 0.358 e. The van der Waals surface area contributed by atoms with E-state index < -0.39 is 5.97 Å². The molecule has 0 bridgehead atoms. The van der Waals surface area contributed by atoms with Gasteiger partial charge in [-0.25, -0.2) is 4.79 Å². The van der Waals surface area contributed by atoms with E-state index in [1.807, 2.05) is 0 Å². The average Bonchev–Trinajstić information content (AvgIpc) is 2.54. The van der Waals surface area contributed by atoms with Gasteiger partial charge >= 0.3 is 5.97 Å². The number of carbonyl (C=O) groups is 2. The zero-order valence-electron chi connectivity index (χ0n) is 7.03. The second kappa shape index (κ2) is 4.24. The topological polar surface area (TPSA) is 84.1 Å². The second-order valence-corrected chi connectivity index (χ2v) is 2.15. The minimum absolute atomic E-state index is 0.145. The fraction of sp³-hybridized carbons (Fsp3) is 0.286. The maximum Gasteiger partial charge on any atom is 0.358 e. The van der Waals surface area contributed by atoms with E-state index in [-0.39, 0.29) is 5.69 Å². The van der Waals surface area contributed by atoms with Crippen molar-refractivity contribution in [3.8, 4) is 0 Å². The van der Waals surface area contributed by atoms with Crippen LogP contribution in [0.1, 0.15) is 17.4 Å². The molecule has 1 aromatic rings. The zero-order valence-corrected chi connectivity index (χ0v) is 7.03. The Hall–Kier alpha value is -1.85. The predicted octanol–water partition coefficient (Wildman–Crippen LogP) is 0.155. The van der Waals surface area contributed by atoms with E-state index in [2.05, 4.69) is 20.3 Å². The number of carbonyl (C=O) groups excluding carboxylic acids is 2.